The van der Waals surface area contributed by atoms with Crippen molar-refractivity contribution in [3.8, 4) is 28.6 Å². The molecule has 0 radical (unpaired) electrons. The van der Waals surface area contributed by atoms with Crippen LogP contribution in [0.25, 0.3) is 11.3 Å². The Morgan fingerprint density at radius 1 is 1.23 bits per heavy atom. The number of H-pyrrole nitrogens is 1. The van der Waals surface area contributed by atoms with Gasteiger partial charge in [-0.2, -0.15) is 0 Å². The van der Waals surface area contributed by atoms with Crippen molar-refractivity contribution in [1.82, 2.24) is 10.2 Å². The van der Waals surface area contributed by atoms with Gasteiger partial charge >= 0.3 is 0 Å². The Kier molecular flexibility index (Phi) is 4.01. The van der Waals surface area contributed by atoms with E-state index in [1.165, 1.54) is 0 Å². The predicted molar refractivity (Wildman–Crippen MR) is 98.0 cm³/mol. The van der Waals surface area contributed by atoms with Gasteiger partial charge in [-0.15, -0.1) is 5.10 Å². The largest absolute Gasteiger partial charge is 0.504 e. The van der Waals surface area contributed by atoms with Gasteiger partial charge in [-0.05, 0) is 36.3 Å². The van der Waals surface area contributed by atoms with Gasteiger partial charge in [0, 0.05) is 5.92 Å². The number of nitrogens with zero attached hydrogens (tertiary/aromatic N) is 1. The van der Waals surface area contributed by atoms with Crippen LogP contribution in [-0.4, -0.2) is 21.9 Å². The highest BCUT2D eigenvalue weighted by atomic mass is 16.5. The average molecular weight is 349 g/mol. The van der Waals surface area contributed by atoms with E-state index in [0.717, 1.165) is 22.4 Å². The first-order valence-corrected chi connectivity index (χ1v) is 8.42. The molecule has 1 aliphatic rings. The highest BCUT2D eigenvalue weighted by Gasteiger charge is 2.29. The summed E-state index contributed by atoms with van der Waals surface area (Å²) in [6.45, 7) is 2.34. The first kappa shape index (κ1) is 16.1. The SMILES string of the molecule is CCOc1cc(C2C=C(N)Oc3n[nH]c(-c4ccccc4)c32)ccc1O. The molecule has 2 aromatic carbocycles. The molecule has 1 atom stereocenters. The maximum atomic E-state index is 10.00. The van der Waals surface area contributed by atoms with Crippen molar-refractivity contribution in [1.29, 1.82) is 0 Å². The third kappa shape index (κ3) is 2.75. The van der Waals surface area contributed by atoms with Crippen molar-refractivity contribution in [2.75, 3.05) is 6.61 Å². The van der Waals surface area contributed by atoms with E-state index >= 15 is 0 Å². The Bertz CT molecular complexity index is 964. The molecule has 0 amide bonds. The lowest BCUT2D eigenvalue weighted by Crippen LogP contribution is -2.16. The summed E-state index contributed by atoms with van der Waals surface area (Å²) in [5.74, 6) is 1.12. The number of nitrogens with one attached hydrogen (secondary N) is 1. The molecule has 2 heterocycles. The van der Waals surface area contributed by atoms with Gasteiger partial charge in [0.05, 0.1) is 17.9 Å². The Balaban J connectivity index is 1.85. The Labute approximate surface area is 150 Å². The zero-order chi connectivity index (χ0) is 18.1. The molecule has 0 saturated carbocycles. The van der Waals surface area contributed by atoms with Gasteiger partial charge in [-0.1, -0.05) is 36.4 Å². The van der Waals surface area contributed by atoms with Gasteiger partial charge in [-0.3, -0.25) is 5.10 Å². The zero-order valence-corrected chi connectivity index (χ0v) is 14.3. The highest BCUT2D eigenvalue weighted by molar-refractivity contribution is 5.69. The van der Waals surface area contributed by atoms with Crippen LogP contribution in [0.15, 0.2) is 60.5 Å². The van der Waals surface area contributed by atoms with Gasteiger partial charge in [-0.25, -0.2) is 0 Å². The monoisotopic (exact) mass is 349 g/mol. The fraction of sp³-hybridized carbons (Fsp3) is 0.150. The quantitative estimate of drug-likeness (QED) is 0.670. The zero-order valence-electron chi connectivity index (χ0n) is 14.3. The molecule has 1 aliphatic heterocycles. The standard InChI is InChI=1S/C20H19N3O3/c1-2-25-16-10-13(8-9-15(16)24)14-11-17(21)26-20-18(14)19(22-23-20)12-6-4-3-5-7-12/h3-11,14,24H,2,21H2,1H3,(H,22,23). The van der Waals surface area contributed by atoms with Gasteiger partial charge in [0.2, 0.25) is 5.88 Å². The summed E-state index contributed by atoms with van der Waals surface area (Å²) in [5.41, 5.74) is 9.67. The Hall–Kier alpha value is -3.41. The second kappa shape index (κ2) is 6.48. The Morgan fingerprint density at radius 2 is 2.04 bits per heavy atom. The molecule has 4 rings (SSSR count). The van der Waals surface area contributed by atoms with E-state index < -0.39 is 0 Å². The molecule has 0 spiro atoms. The summed E-state index contributed by atoms with van der Waals surface area (Å²) < 4.78 is 11.1. The van der Waals surface area contributed by atoms with E-state index in [2.05, 4.69) is 10.2 Å². The summed E-state index contributed by atoms with van der Waals surface area (Å²) in [5, 5.41) is 17.3. The second-order valence-corrected chi connectivity index (χ2v) is 5.99. The molecule has 26 heavy (non-hydrogen) atoms. The topological polar surface area (TPSA) is 93.4 Å². The van der Waals surface area contributed by atoms with Crippen molar-refractivity contribution < 1.29 is 14.6 Å². The molecule has 0 bridgehead atoms. The highest BCUT2D eigenvalue weighted by Crippen LogP contribution is 2.43. The number of rotatable bonds is 4. The number of fused-ring (bicyclic) bond motifs is 1. The number of hydrogen-bond donors (Lipinski definition) is 3. The van der Waals surface area contributed by atoms with Crippen LogP contribution in [-0.2, 0) is 0 Å². The third-order valence-corrected chi connectivity index (χ3v) is 4.33. The van der Waals surface area contributed by atoms with E-state index in [1.54, 1.807) is 6.07 Å². The minimum absolute atomic E-state index is 0.107. The minimum Gasteiger partial charge on any atom is -0.504 e. The molecular weight excluding hydrogens is 330 g/mol. The number of aromatic nitrogens is 2. The number of allylic oxidation sites excluding steroid dienone is 1. The van der Waals surface area contributed by atoms with Crippen LogP contribution in [0.4, 0.5) is 0 Å². The van der Waals surface area contributed by atoms with Gasteiger partial charge in [0.25, 0.3) is 0 Å². The van der Waals surface area contributed by atoms with Crippen molar-refractivity contribution >= 4 is 0 Å². The van der Waals surface area contributed by atoms with Crippen LogP contribution >= 0.6 is 0 Å². The maximum Gasteiger partial charge on any atom is 0.244 e. The molecule has 1 unspecified atom stereocenters. The number of ether oxygens (including phenoxy) is 2. The molecule has 0 saturated heterocycles. The number of aromatic hydroxyl groups is 1. The lowest BCUT2D eigenvalue weighted by molar-refractivity contribution is 0.317. The van der Waals surface area contributed by atoms with E-state index in [-0.39, 0.29) is 11.7 Å². The van der Waals surface area contributed by atoms with Crippen LogP contribution in [0.1, 0.15) is 24.0 Å². The molecule has 0 fully saturated rings. The van der Waals surface area contributed by atoms with Gasteiger partial charge < -0.3 is 20.3 Å². The maximum absolute atomic E-state index is 10.00. The average Bonchev–Trinajstić information content (AvgIpc) is 3.07. The first-order chi connectivity index (χ1) is 12.7. The fourth-order valence-electron chi connectivity index (χ4n) is 3.18. The van der Waals surface area contributed by atoms with Crippen molar-refractivity contribution in [2.24, 2.45) is 5.73 Å². The van der Waals surface area contributed by atoms with Crippen LogP contribution in [0, 0.1) is 0 Å². The summed E-state index contributed by atoms with van der Waals surface area (Å²) in [7, 11) is 0. The normalized spacial score (nSPS) is 15.7. The summed E-state index contributed by atoms with van der Waals surface area (Å²) in [4.78, 5) is 0. The molecular formula is C20H19N3O3. The van der Waals surface area contributed by atoms with Crippen molar-refractivity contribution in [2.45, 2.75) is 12.8 Å². The van der Waals surface area contributed by atoms with E-state index in [9.17, 15) is 5.11 Å². The number of phenols is 1. The molecule has 6 nitrogen and oxygen atoms in total. The fourth-order valence-corrected chi connectivity index (χ4v) is 3.18. The molecule has 1 aromatic heterocycles. The summed E-state index contributed by atoms with van der Waals surface area (Å²) in [6.07, 6.45) is 1.84. The van der Waals surface area contributed by atoms with E-state index in [0.29, 0.717) is 24.1 Å². The Morgan fingerprint density at radius 3 is 2.81 bits per heavy atom. The lowest BCUT2D eigenvalue weighted by Gasteiger charge is -2.21. The van der Waals surface area contributed by atoms with E-state index in [1.807, 2.05) is 55.5 Å². The minimum atomic E-state index is -0.174. The number of phenolic OH excluding ortho intramolecular Hbond substituents is 1. The van der Waals surface area contributed by atoms with Crippen LogP contribution in [0.3, 0.4) is 0 Å². The summed E-state index contributed by atoms with van der Waals surface area (Å²) in [6, 6.07) is 15.2. The molecule has 132 valence electrons. The van der Waals surface area contributed by atoms with Crippen LogP contribution in [0.5, 0.6) is 17.4 Å². The molecule has 0 aliphatic carbocycles. The number of benzene rings is 2. The molecule has 6 heteroatoms. The molecule has 3 aromatic rings. The van der Waals surface area contributed by atoms with Crippen LogP contribution < -0.4 is 15.2 Å². The molecule has 4 N–H and O–H groups in total. The number of aromatic amines is 1. The van der Waals surface area contributed by atoms with Crippen molar-refractivity contribution in [3.63, 3.8) is 0 Å². The lowest BCUT2D eigenvalue weighted by atomic mass is 9.88. The van der Waals surface area contributed by atoms with Gasteiger partial charge in [0.15, 0.2) is 17.4 Å². The van der Waals surface area contributed by atoms with Crippen LogP contribution in [0.2, 0.25) is 0 Å². The first-order valence-electron chi connectivity index (χ1n) is 8.42. The van der Waals surface area contributed by atoms with E-state index in [4.69, 9.17) is 15.2 Å². The third-order valence-electron chi connectivity index (χ3n) is 4.33. The van der Waals surface area contributed by atoms with Gasteiger partial charge in [0.1, 0.15) is 0 Å². The smallest absolute Gasteiger partial charge is 0.244 e. The predicted octanol–water partition coefficient (Wildman–Crippen LogP) is 3.51. The summed E-state index contributed by atoms with van der Waals surface area (Å²) >= 11 is 0. The van der Waals surface area contributed by atoms with Crippen molar-refractivity contribution in [3.05, 3.63) is 71.6 Å². The number of nitrogens with two attached hydrogens (primary N) is 1. The second-order valence-electron chi connectivity index (χ2n) is 5.99. The number of hydrogen-bond acceptors (Lipinski definition) is 5.